The Bertz CT molecular complexity index is 613. The Morgan fingerprint density at radius 1 is 0.905 bits per heavy atom. The van der Waals surface area contributed by atoms with Crippen LogP contribution >= 0.6 is 0 Å². The number of hydrogen-bond donors (Lipinski definition) is 2. The molecule has 0 unspecified atom stereocenters. The molecular formula is C16H19NO4. The van der Waals surface area contributed by atoms with Crippen LogP contribution in [0.2, 0.25) is 0 Å². The van der Waals surface area contributed by atoms with Gasteiger partial charge in [-0.05, 0) is 29.8 Å². The van der Waals surface area contributed by atoms with Crippen LogP contribution in [0.1, 0.15) is 5.56 Å². The van der Waals surface area contributed by atoms with Crippen molar-refractivity contribution in [3.05, 3.63) is 42.0 Å². The minimum atomic E-state index is 0.125. The van der Waals surface area contributed by atoms with Crippen LogP contribution in [-0.4, -0.2) is 26.4 Å². The highest BCUT2D eigenvalue weighted by Crippen LogP contribution is 2.30. The highest BCUT2D eigenvalue weighted by Gasteiger charge is 2.06. The van der Waals surface area contributed by atoms with Crippen molar-refractivity contribution in [2.75, 3.05) is 26.6 Å². The fraction of sp³-hybridized carbons (Fsp3) is 0.250. The van der Waals surface area contributed by atoms with E-state index < -0.39 is 0 Å². The van der Waals surface area contributed by atoms with Crippen molar-refractivity contribution in [3.63, 3.8) is 0 Å². The van der Waals surface area contributed by atoms with Gasteiger partial charge in [-0.25, -0.2) is 0 Å². The molecule has 2 N–H and O–H groups in total. The van der Waals surface area contributed by atoms with Gasteiger partial charge in [-0.15, -0.1) is 0 Å². The van der Waals surface area contributed by atoms with Gasteiger partial charge >= 0.3 is 0 Å². The van der Waals surface area contributed by atoms with Crippen molar-refractivity contribution in [1.29, 1.82) is 0 Å². The van der Waals surface area contributed by atoms with Crippen molar-refractivity contribution in [2.24, 2.45) is 0 Å². The van der Waals surface area contributed by atoms with E-state index in [1.807, 2.05) is 24.3 Å². The van der Waals surface area contributed by atoms with Crippen LogP contribution in [0.15, 0.2) is 36.4 Å². The molecule has 0 heterocycles. The molecule has 0 fully saturated rings. The Morgan fingerprint density at radius 2 is 1.67 bits per heavy atom. The van der Waals surface area contributed by atoms with E-state index in [-0.39, 0.29) is 5.75 Å². The molecule has 2 aromatic rings. The van der Waals surface area contributed by atoms with E-state index >= 15 is 0 Å². The molecule has 112 valence electrons. The quantitative estimate of drug-likeness (QED) is 0.856. The number of phenolic OH excluding ortho intramolecular Hbond substituents is 1. The van der Waals surface area contributed by atoms with Gasteiger partial charge in [-0.3, -0.25) is 0 Å². The fourth-order valence-corrected chi connectivity index (χ4v) is 1.98. The van der Waals surface area contributed by atoms with Crippen LogP contribution in [-0.2, 0) is 6.54 Å². The lowest BCUT2D eigenvalue weighted by Crippen LogP contribution is -2.02. The molecule has 0 aliphatic heterocycles. The predicted molar refractivity (Wildman–Crippen MR) is 81.5 cm³/mol. The van der Waals surface area contributed by atoms with E-state index in [1.54, 1.807) is 26.4 Å². The highest BCUT2D eigenvalue weighted by atomic mass is 16.5. The molecule has 0 aromatic heterocycles. The zero-order chi connectivity index (χ0) is 15.2. The first-order chi connectivity index (χ1) is 10.2. The third kappa shape index (κ3) is 3.51. The van der Waals surface area contributed by atoms with Crippen LogP contribution in [0.5, 0.6) is 23.0 Å². The number of rotatable bonds is 6. The average Bonchev–Trinajstić information content (AvgIpc) is 2.53. The summed E-state index contributed by atoms with van der Waals surface area (Å²) in [5.74, 6) is 2.07. The van der Waals surface area contributed by atoms with Crippen LogP contribution in [0, 0.1) is 0 Å². The van der Waals surface area contributed by atoms with Crippen LogP contribution < -0.4 is 19.5 Å². The summed E-state index contributed by atoms with van der Waals surface area (Å²) in [6, 6.07) is 10.8. The smallest absolute Gasteiger partial charge is 0.160 e. The molecule has 0 saturated carbocycles. The lowest BCUT2D eigenvalue weighted by molar-refractivity contribution is 0.373. The third-order valence-electron chi connectivity index (χ3n) is 3.13. The van der Waals surface area contributed by atoms with E-state index in [4.69, 9.17) is 14.2 Å². The molecular weight excluding hydrogens is 270 g/mol. The number of hydrogen-bond acceptors (Lipinski definition) is 5. The number of benzene rings is 2. The Kier molecular flexibility index (Phi) is 4.77. The standard InChI is InChI=1S/C16H19NO4/c1-19-12-5-7-15(20-2)13(9-12)17-10-11-4-6-14(18)16(8-11)21-3/h4-9,17-18H,10H2,1-3H3. The zero-order valence-electron chi connectivity index (χ0n) is 12.3. The maximum Gasteiger partial charge on any atom is 0.160 e. The summed E-state index contributed by atoms with van der Waals surface area (Å²) in [5.41, 5.74) is 1.82. The minimum Gasteiger partial charge on any atom is -0.504 e. The van der Waals surface area contributed by atoms with Gasteiger partial charge in [0.25, 0.3) is 0 Å². The first-order valence-corrected chi connectivity index (χ1v) is 6.49. The molecule has 21 heavy (non-hydrogen) atoms. The van der Waals surface area contributed by atoms with Crippen LogP contribution in [0.4, 0.5) is 5.69 Å². The minimum absolute atomic E-state index is 0.125. The van der Waals surface area contributed by atoms with Gasteiger partial charge in [0.1, 0.15) is 11.5 Å². The summed E-state index contributed by atoms with van der Waals surface area (Å²) >= 11 is 0. The summed E-state index contributed by atoms with van der Waals surface area (Å²) in [6.45, 7) is 0.570. The lowest BCUT2D eigenvalue weighted by Gasteiger charge is -2.13. The lowest BCUT2D eigenvalue weighted by atomic mass is 10.2. The van der Waals surface area contributed by atoms with E-state index in [9.17, 15) is 5.11 Å². The Hall–Kier alpha value is -2.56. The van der Waals surface area contributed by atoms with Crippen molar-refractivity contribution in [1.82, 2.24) is 0 Å². The average molecular weight is 289 g/mol. The fourth-order valence-electron chi connectivity index (χ4n) is 1.98. The molecule has 0 radical (unpaired) electrons. The van der Waals surface area contributed by atoms with Crippen molar-refractivity contribution in [2.45, 2.75) is 6.54 Å². The maximum atomic E-state index is 9.59. The highest BCUT2D eigenvalue weighted by molar-refractivity contribution is 5.60. The second-order valence-electron chi connectivity index (χ2n) is 4.43. The predicted octanol–water partition coefficient (Wildman–Crippen LogP) is 3.03. The Labute approximate surface area is 124 Å². The third-order valence-corrected chi connectivity index (χ3v) is 3.13. The molecule has 5 heteroatoms. The Balaban J connectivity index is 2.15. The summed E-state index contributed by atoms with van der Waals surface area (Å²) in [7, 11) is 4.77. The maximum absolute atomic E-state index is 9.59. The molecule has 0 spiro atoms. The van der Waals surface area contributed by atoms with Gasteiger partial charge in [0.15, 0.2) is 11.5 Å². The largest absolute Gasteiger partial charge is 0.504 e. The van der Waals surface area contributed by atoms with Gasteiger partial charge in [0, 0.05) is 12.6 Å². The van der Waals surface area contributed by atoms with E-state index in [0.29, 0.717) is 12.3 Å². The second-order valence-corrected chi connectivity index (χ2v) is 4.43. The molecule has 0 saturated heterocycles. The zero-order valence-corrected chi connectivity index (χ0v) is 12.3. The van der Waals surface area contributed by atoms with Gasteiger partial charge < -0.3 is 24.6 Å². The number of aromatic hydroxyl groups is 1. The van der Waals surface area contributed by atoms with Crippen molar-refractivity contribution >= 4 is 5.69 Å². The summed E-state index contributed by atoms with van der Waals surface area (Å²) < 4.78 is 15.6. The monoisotopic (exact) mass is 289 g/mol. The van der Waals surface area contributed by atoms with E-state index in [0.717, 1.165) is 22.7 Å². The number of nitrogens with one attached hydrogen (secondary N) is 1. The molecule has 0 bridgehead atoms. The van der Waals surface area contributed by atoms with E-state index in [2.05, 4.69) is 5.32 Å². The molecule has 0 aliphatic rings. The summed E-state index contributed by atoms with van der Waals surface area (Å²) in [4.78, 5) is 0. The van der Waals surface area contributed by atoms with Gasteiger partial charge in [-0.1, -0.05) is 6.07 Å². The number of ether oxygens (including phenoxy) is 3. The second kappa shape index (κ2) is 6.74. The summed E-state index contributed by atoms with van der Waals surface area (Å²) in [5, 5.41) is 12.9. The van der Waals surface area contributed by atoms with Crippen LogP contribution in [0.25, 0.3) is 0 Å². The molecule has 2 rings (SSSR count). The van der Waals surface area contributed by atoms with Crippen molar-refractivity contribution < 1.29 is 19.3 Å². The van der Waals surface area contributed by atoms with E-state index in [1.165, 1.54) is 7.11 Å². The van der Waals surface area contributed by atoms with Gasteiger partial charge in [0.2, 0.25) is 0 Å². The van der Waals surface area contributed by atoms with Gasteiger partial charge in [-0.2, -0.15) is 0 Å². The van der Waals surface area contributed by atoms with Crippen molar-refractivity contribution in [3.8, 4) is 23.0 Å². The molecule has 0 amide bonds. The number of phenols is 1. The SMILES string of the molecule is COc1ccc(OC)c(NCc2ccc(O)c(OC)c2)c1. The van der Waals surface area contributed by atoms with Crippen LogP contribution in [0.3, 0.4) is 0 Å². The molecule has 0 aliphatic carbocycles. The number of methoxy groups -OCH3 is 3. The normalized spacial score (nSPS) is 10.0. The Morgan fingerprint density at radius 3 is 2.33 bits per heavy atom. The molecule has 0 atom stereocenters. The first-order valence-electron chi connectivity index (χ1n) is 6.49. The summed E-state index contributed by atoms with van der Waals surface area (Å²) in [6.07, 6.45) is 0. The first kappa shape index (κ1) is 14.8. The number of anilines is 1. The molecule has 2 aromatic carbocycles. The molecule has 5 nitrogen and oxygen atoms in total. The van der Waals surface area contributed by atoms with Gasteiger partial charge in [0.05, 0.1) is 27.0 Å². The topological polar surface area (TPSA) is 60.0 Å².